The van der Waals surface area contributed by atoms with E-state index in [4.69, 9.17) is 0 Å². The molecule has 0 rings (SSSR count). The average Bonchev–Trinajstić information content (AvgIpc) is 2.00. The van der Waals surface area contributed by atoms with Crippen molar-refractivity contribution >= 4 is 11.9 Å². The molecule has 0 aliphatic rings. The van der Waals surface area contributed by atoms with Crippen LogP contribution in [-0.2, 0) is 19.4 Å². The molecule has 0 aromatic rings. The van der Waals surface area contributed by atoms with Crippen LogP contribution in [0.2, 0.25) is 0 Å². The van der Waals surface area contributed by atoms with Crippen molar-refractivity contribution < 1.29 is 19.4 Å². The van der Waals surface area contributed by atoms with Crippen LogP contribution < -0.4 is 0 Å². The standard InChI is InChI=1S/C8H14O4/c1-4-5-7(9)11-12-8(10)6(2)3/h6H,4-5H2,1-3H3. The molecule has 0 aliphatic heterocycles. The summed E-state index contributed by atoms with van der Waals surface area (Å²) in [5, 5.41) is 0. The van der Waals surface area contributed by atoms with Crippen molar-refractivity contribution in [2.45, 2.75) is 33.6 Å². The average molecular weight is 174 g/mol. The fourth-order valence-corrected chi connectivity index (χ4v) is 0.430. The molecule has 0 unspecified atom stereocenters. The first kappa shape index (κ1) is 10.9. The topological polar surface area (TPSA) is 52.6 Å². The summed E-state index contributed by atoms with van der Waals surface area (Å²) in [6.45, 7) is 5.16. The predicted octanol–water partition coefficient (Wildman–Crippen LogP) is 1.44. The zero-order chi connectivity index (χ0) is 9.56. The summed E-state index contributed by atoms with van der Waals surface area (Å²) in [5.74, 6) is -1.31. The van der Waals surface area contributed by atoms with Gasteiger partial charge in [-0.05, 0) is 6.42 Å². The summed E-state index contributed by atoms with van der Waals surface area (Å²) in [7, 11) is 0. The molecule has 0 aromatic carbocycles. The van der Waals surface area contributed by atoms with Crippen LogP contribution in [0.1, 0.15) is 33.6 Å². The third kappa shape index (κ3) is 4.71. The Hall–Kier alpha value is -1.06. The highest BCUT2D eigenvalue weighted by molar-refractivity contribution is 5.73. The van der Waals surface area contributed by atoms with E-state index in [9.17, 15) is 9.59 Å². The van der Waals surface area contributed by atoms with Gasteiger partial charge < -0.3 is 0 Å². The second-order valence-electron chi connectivity index (χ2n) is 2.76. The molecule has 0 aliphatic carbocycles. The number of hydrogen-bond donors (Lipinski definition) is 0. The Morgan fingerprint density at radius 2 is 1.83 bits per heavy atom. The Morgan fingerprint density at radius 3 is 2.25 bits per heavy atom. The van der Waals surface area contributed by atoms with E-state index in [0.29, 0.717) is 6.42 Å². The molecular weight excluding hydrogens is 160 g/mol. The van der Waals surface area contributed by atoms with Gasteiger partial charge in [-0.15, -0.1) is 0 Å². The van der Waals surface area contributed by atoms with Gasteiger partial charge in [0.2, 0.25) is 0 Å². The lowest BCUT2D eigenvalue weighted by Crippen LogP contribution is -2.15. The van der Waals surface area contributed by atoms with Crippen molar-refractivity contribution in [3.05, 3.63) is 0 Å². The van der Waals surface area contributed by atoms with Gasteiger partial charge in [-0.2, -0.15) is 0 Å². The summed E-state index contributed by atoms with van der Waals surface area (Å²) in [6.07, 6.45) is 0.948. The van der Waals surface area contributed by atoms with E-state index < -0.39 is 11.9 Å². The maximum atomic E-state index is 10.8. The molecule has 4 nitrogen and oxygen atoms in total. The molecule has 0 fully saturated rings. The third-order valence-electron chi connectivity index (χ3n) is 1.14. The zero-order valence-electron chi connectivity index (χ0n) is 7.62. The van der Waals surface area contributed by atoms with E-state index in [1.165, 1.54) is 0 Å². The molecular formula is C8H14O4. The fourth-order valence-electron chi connectivity index (χ4n) is 0.430. The van der Waals surface area contributed by atoms with Crippen LogP contribution in [0.3, 0.4) is 0 Å². The second-order valence-corrected chi connectivity index (χ2v) is 2.76. The normalized spacial score (nSPS) is 9.67. The van der Waals surface area contributed by atoms with E-state index in [-0.39, 0.29) is 12.3 Å². The van der Waals surface area contributed by atoms with E-state index in [2.05, 4.69) is 9.78 Å². The highest BCUT2D eigenvalue weighted by Crippen LogP contribution is 1.98. The van der Waals surface area contributed by atoms with Crippen LogP contribution in [0.4, 0.5) is 0 Å². The number of carbonyl (C=O) groups is 2. The Labute approximate surface area is 71.8 Å². The maximum Gasteiger partial charge on any atom is 0.358 e. The Morgan fingerprint density at radius 1 is 1.25 bits per heavy atom. The molecule has 0 saturated carbocycles. The monoisotopic (exact) mass is 174 g/mol. The van der Waals surface area contributed by atoms with E-state index in [1.54, 1.807) is 13.8 Å². The minimum absolute atomic E-state index is 0.269. The first-order valence-corrected chi connectivity index (χ1v) is 3.99. The minimum atomic E-state index is -0.528. The summed E-state index contributed by atoms with van der Waals surface area (Å²) < 4.78 is 0. The smallest absolute Gasteiger partial charge is 0.247 e. The molecule has 0 saturated heterocycles. The summed E-state index contributed by atoms with van der Waals surface area (Å²) in [5.41, 5.74) is 0. The van der Waals surface area contributed by atoms with Crippen molar-refractivity contribution in [1.29, 1.82) is 0 Å². The SMILES string of the molecule is CCCC(=O)OOC(=O)C(C)C. The third-order valence-corrected chi connectivity index (χ3v) is 1.14. The molecule has 4 heteroatoms. The highest BCUT2D eigenvalue weighted by Gasteiger charge is 2.12. The van der Waals surface area contributed by atoms with E-state index >= 15 is 0 Å². The van der Waals surface area contributed by atoms with Crippen LogP contribution in [-0.4, -0.2) is 11.9 Å². The van der Waals surface area contributed by atoms with Gasteiger partial charge in [0.05, 0.1) is 5.92 Å². The molecule has 0 radical (unpaired) electrons. The number of hydrogen-bond acceptors (Lipinski definition) is 4. The summed E-state index contributed by atoms with van der Waals surface area (Å²) >= 11 is 0. The molecule has 0 atom stereocenters. The molecule has 70 valence electrons. The Balaban J connectivity index is 3.54. The van der Waals surface area contributed by atoms with Crippen LogP contribution in [0.15, 0.2) is 0 Å². The molecule has 0 spiro atoms. The van der Waals surface area contributed by atoms with Gasteiger partial charge in [0.15, 0.2) is 0 Å². The molecule has 0 heterocycles. The van der Waals surface area contributed by atoms with Crippen molar-refractivity contribution in [2.24, 2.45) is 5.92 Å². The van der Waals surface area contributed by atoms with Crippen molar-refractivity contribution in [1.82, 2.24) is 0 Å². The van der Waals surface area contributed by atoms with Gasteiger partial charge in [0.25, 0.3) is 0 Å². The molecule has 12 heavy (non-hydrogen) atoms. The lowest BCUT2D eigenvalue weighted by atomic mass is 10.2. The first-order chi connectivity index (χ1) is 5.57. The van der Waals surface area contributed by atoms with Crippen molar-refractivity contribution in [3.8, 4) is 0 Å². The quantitative estimate of drug-likeness (QED) is 0.480. The van der Waals surface area contributed by atoms with E-state index in [0.717, 1.165) is 0 Å². The Kier molecular flexibility index (Phi) is 5.08. The van der Waals surface area contributed by atoms with Crippen LogP contribution in [0.25, 0.3) is 0 Å². The lowest BCUT2D eigenvalue weighted by Gasteiger charge is -2.03. The predicted molar refractivity (Wildman–Crippen MR) is 41.9 cm³/mol. The van der Waals surface area contributed by atoms with Gasteiger partial charge in [0.1, 0.15) is 0 Å². The molecule has 0 amide bonds. The van der Waals surface area contributed by atoms with Gasteiger partial charge in [-0.25, -0.2) is 19.4 Å². The van der Waals surface area contributed by atoms with Crippen LogP contribution in [0, 0.1) is 5.92 Å². The summed E-state index contributed by atoms with van der Waals surface area (Å²) in [4.78, 5) is 29.9. The Bertz CT molecular complexity index is 162. The molecule has 0 N–H and O–H groups in total. The van der Waals surface area contributed by atoms with Crippen molar-refractivity contribution in [2.75, 3.05) is 0 Å². The molecule has 0 aromatic heterocycles. The zero-order valence-corrected chi connectivity index (χ0v) is 7.62. The number of rotatable bonds is 3. The summed E-state index contributed by atoms with van der Waals surface area (Å²) in [6, 6.07) is 0. The largest absolute Gasteiger partial charge is 0.358 e. The first-order valence-electron chi connectivity index (χ1n) is 3.99. The molecule has 0 bridgehead atoms. The highest BCUT2D eigenvalue weighted by atomic mass is 17.2. The van der Waals surface area contributed by atoms with Gasteiger partial charge in [-0.3, -0.25) is 0 Å². The van der Waals surface area contributed by atoms with E-state index in [1.807, 2.05) is 6.92 Å². The van der Waals surface area contributed by atoms with Crippen LogP contribution >= 0.6 is 0 Å². The second kappa shape index (κ2) is 5.57. The van der Waals surface area contributed by atoms with Gasteiger partial charge >= 0.3 is 11.9 Å². The van der Waals surface area contributed by atoms with Gasteiger partial charge in [0, 0.05) is 6.42 Å². The lowest BCUT2D eigenvalue weighted by molar-refractivity contribution is -0.261. The minimum Gasteiger partial charge on any atom is -0.247 e. The number of carbonyl (C=O) groups excluding carboxylic acids is 2. The van der Waals surface area contributed by atoms with Crippen molar-refractivity contribution in [3.63, 3.8) is 0 Å². The maximum absolute atomic E-state index is 10.8. The fraction of sp³-hybridized carbons (Fsp3) is 0.750. The van der Waals surface area contributed by atoms with Crippen LogP contribution in [0.5, 0.6) is 0 Å². The van der Waals surface area contributed by atoms with Gasteiger partial charge in [-0.1, -0.05) is 20.8 Å².